The van der Waals surface area contributed by atoms with Gasteiger partial charge in [-0.05, 0) is 32.2 Å². The summed E-state index contributed by atoms with van der Waals surface area (Å²) in [6, 6.07) is 5.86. The first kappa shape index (κ1) is 14.0. The van der Waals surface area contributed by atoms with E-state index in [1.807, 2.05) is 12.1 Å². The highest BCUT2D eigenvalue weighted by Gasteiger charge is 2.24. The molecule has 1 aromatic carbocycles. The van der Waals surface area contributed by atoms with Gasteiger partial charge in [-0.3, -0.25) is 0 Å². The summed E-state index contributed by atoms with van der Waals surface area (Å²) in [4.78, 5) is 4.56. The van der Waals surface area contributed by atoms with Crippen LogP contribution in [0.1, 0.15) is 12.5 Å². The van der Waals surface area contributed by atoms with Gasteiger partial charge in [0.05, 0.1) is 0 Å². The summed E-state index contributed by atoms with van der Waals surface area (Å²) in [7, 11) is 2.11. The highest BCUT2D eigenvalue weighted by molar-refractivity contribution is 6.31. The lowest BCUT2D eigenvalue weighted by Crippen LogP contribution is -2.51. The van der Waals surface area contributed by atoms with Crippen molar-refractivity contribution in [1.82, 2.24) is 4.90 Å². The van der Waals surface area contributed by atoms with Gasteiger partial charge in [-0.1, -0.05) is 16.8 Å². The van der Waals surface area contributed by atoms with Crippen LogP contribution in [0.15, 0.2) is 23.4 Å². The molecule has 1 aliphatic rings. The lowest BCUT2D eigenvalue weighted by Gasteiger charge is -2.40. The fourth-order valence-electron chi connectivity index (χ4n) is 2.52. The molecule has 3 N–H and O–H groups in total. The van der Waals surface area contributed by atoms with Crippen molar-refractivity contribution < 1.29 is 5.21 Å². The van der Waals surface area contributed by atoms with Gasteiger partial charge in [-0.15, -0.1) is 0 Å². The quantitative estimate of drug-likeness (QED) is 0.374. The van der Waals surface area contributed by atoms with Crippen molar-refractivity contribution >= 4 is 23.1 Å². The number of hydrogen-bond acceptors (Lipinski definition) is 4. The molecule has 1 fully saturated rings. The molecule has 5 nitrogen and oxygen atoms in total. The Bertz CT molecular complexity index is 492. The molecule has 0 amide bonds. The van der Waals surface area contributed by atoms with Crippen LogP contribution in [-0.4, -0.2) is 48.7 Å². The largest absolute Gasteiger partial charge is 0.409 e. The Labute approximate surface area is 118 Å². The number of hydrogen-bond donors (Lipinski definition) is 2. The predicted molar refractivity (Wildman–Crippen MR) is 78.3 cm³/mol. The smallest absolute Gasteiger partial charge is 0.172 e. The van der Waals surface area contributed by atoms with Crippen molar-refractivity contribution in [3.05, 3.63) is 28.8 Å². The van der Waals surface area contributed by atoms with E-state index < -0.39 is 0 Å². The van der Waals surface area contributed by atoms with E-state index in [9.17, 15) is 0 Å². The summed E-state index contributed by atoms with van der Waals surface area (Å²) in [6.07, 6.45) is 0. The lowest BCUT2D eigenvalue weighted by molar-refractivity contribution is 0.275. The van der Waals surface area contributed by atoms with Crippen LogP contribution in [0.4, 0.5) is 5.69 Å². The second-order valence-corrected chi connectivity index (χ2v) is 5.39. The van der Waals surface area contributed by atoms with Gasteiger partial charge in [0.1, 0.15) is 0 Å². The minimum absolute atomic E-state index is 0.0867. The maximum Gasteiger partial charge on any atom is 0.172 e. The second-order valence-electron chi connectivity index (χ2n) is 4.95. The first-order chi connectivity index (χ1) is 9.02. The summed E-state index contributed by atoms with van der Waals surface area (Å²) in [5.74, 6) is 0.0867. The zero-order valence-electron chi connectivity index (χ0n) is 11.2. The number of oxime groups is 1. The molecular weight excluding hydrogens is 264 g/mol. The average molecular weight is 283 g/mol. The van der Waals surface area contributed by atoms with Gasteiger partial charge < -0.3 is 20.7 Å². The first-order valence-electron chi connectivity index (χ1n) is 6.25. The molecule has 19 heavy (non-hydrogen) atoms. The Morgan fingerprint density at radius 3 is 2.84 bits per heavy atom. The van der Waals surface area contributed by atoms with Crippen LogP contribution in [0.2, 0.25) is 5.02 Å². The van der Waals surface area contributed by atoms with E-state index in [1.54, 1.807) is 6.07 Å². The van der Waals surface area contributed by atoms with E-state index in [0.717, 1.165) is 25.3 Å². The molecule has 0 saturated carbocycles. The van der Waals surface area contributed by atoms with Gasteiger partial charge >= 0.3 is 0 Å². The van der Waals surface area contributed by atoms with Gasteiger partial charge in [0.25, 0.3) is 0 Å². The van der Waals surface area contributed by atoms with E-state index in [1.165, 1.54) is 0 Å². The maximum absolute atomic E-state index is 8.90. The number of halogens is 1. The number of likely N-dealkylation sites (N-methyl/N-ethyl adjacent to an activating group) is 1. The van der Waals surface area contributed by atoms with E-state index in [0.29, 0.717) is 16.6 Å². The predicted octanol–water partition coefficient (Wildman–Crippen LogP) is 1.57. The monoisotopic (exact) mass is 282 g/mol. The van der Waals surface area contributed by atoms with Crippen LogP contribution in [0.5, 0.6) is 0 Å². The molecule has 1 aliphatic heterocycles. The van der Waals surface area contributed by atoms with Crippen LogP contribution in [0, 0.1) is 0 Å². The Hall–Kier alpha value is -1.46. The molecule has 0 spiro atoms. The topological polar surface area (TPSA) is 65.1 Å². The number of benzene rings is 1. The zero-order chi connectivity index (χ0) is 14.0. The molecule has 0 aromatic heterocycles. The van der Waals surface area contributed by atoms with Crippen molar-refractivity contribution in [3.8, 4) is 0 Å². The molecule has 2 rings (SSSR count). The Morgan fingerprint density at radius 2 is 2.21 bits per heavy atom. The number of piperazine rings is 1. The van der Waals surface area contributed by atoms with Crippen LogP contribution in [0.3, 0.4) is 0 Å². The first-order valence-corrected chi connectivity index (χ1v) is 6.63. The third-order valence-electron chi connectivity index (χ3n) is 3.48. The molecule has 1 aromatic rings. The third kappa shape index (κ3) is 2.93. The van der Waals surface area contributed by atoms with Crippen molar-refractivity contribution in [1.29, 1.82) is 0 Å². The van der Waals surface area contributed by atoms with Crippen molar-refractivity contribution in [3.63, 3.8) is 0 Å². The highest BCUT2D eigenvalue weighted by atomic mass is 35.5. The molecule has 1 atom stereocenters. The van der Waals surface area contributed by atoms with E-state index in [2.05, 4.69) is 28.9 Å². The van der Waals surface area contributed by atoms with Crippen molar-refractivity contribution in [2.75, 3.05) is 31.6 Å². The van der Waals surface area contributed by atoms with E-state index in [4.69, 9.17) is 22.5 Å². The highest BCUT2D eigenvalue weighted by Crippen LogP contribution is 2.27. The SMILES string of the molecule is CC1CN(C)CCN1c1ccc(Cl)cc1/C(N)=N/O. The number of nitrogens with zero attached hydrogens (tertiary/aromatic N) is 3. The fraction of sp³-hybridized carbons (Fsp3) is 0.462. The van der Waals surface area contributed by atoms with Gasteiger partial charge in [-0.2, -0.15) is 0 Å². The van der Waals surface area contributed by atoms with E-state index in [-0.39, 0.29) is 5.84 Å². The molecular formula is C13H19ClN4O. The molecule has 0 radical (unpaired) electrons. The van der Waals surface area contributed by atoms with Crippen LogP contribution >= 0.6 is 11.6 Å². The average Bonchev–Trinajstić information content (AvgIpc) is 2.38. The van der Waals surface area contributed by atoms with Gasteiger partial charge in [0.15, 0.2) is 5.84 Å². The molecule has 1 saturated heterocycles. The zero-order valence-corrected chi connectivity index (χ0v) is 11.9. The molecule has 1 heterocycles. The lowest BCUT2D eigenvalue weighted by atomic mass is 10.1. The Morgan fingerprint density at radius 1 is 1.47 bits per heavy atom. The number of nitrogens with two attached hydrogens (primary N) is 1. The standard InChI is InChI=1S/C13H19ClN4O/c1-9-8-17(2)5-6-18(9)12-4-3-10(14)7-11(12)13(15)16-19/h3-4,7,9,19H,5-6,8H2,1-2H3,(H2,15,16). The second kappa shape index (κ2) is 5.67. The van der Waals surface area contributed by atoms with Gasteiger partial charge in [-0.25, -0.2) is 0 Å². The van der Waals surface area contributed by atoms with Gasteiger partial charge in [0.2, 0.25) is 0 Å². The number of amidine groups is 1. The maximum atomic E-state index is 8.90. The van der Waals surface area contributed by atoms with E-state index >= 15 is 0 Å². The summed E-state index contributed by atoms with van der Waals surface area (Å²) in [5, 5.41) is 12.6. The van der Waals surface area contributed by atoms with Gasteiger partial charge in [0, 0.05) is 41.9 Å². The molecule has 104 valence electrons. The Balaban J connectivity index is 2.39. The summed E-state index contributed by atoms with van der Waals surface area (Å²) < 4.78 is 0. The minimum atomic E-state index is 0.0867. The fourth-order valence-corrected chi connectivity index (χ4v) is 2.69. The normalized spacial score (nSPS) is 21.7. The van der Waals surface area contributed by atoms with Crippen molar-refractivity contribution in [2.45, 2.75) is 13.0 Å². The van der Waals surface area contributed by atoms with Crippen LogP contribution in [0.25, 0.3) is 0 Å². The molecule has 0 aliphatic carbocycles. The molecule has 0 bridgehead atoms. The van der Waals surface area contributed by atoms with Crippen LogP contribution < -0.4 is 10.6 Å². The summed E-state index contributed by atoms with van der Waals surface area (Å²) in [6.45, 7) is 5.05. The molecule has 6 heteroatoms. The molecule has 1 unspecified atom stereocenters. The number of anilines is 1. The summed E-state index contributed by atoms with van der Waals surface area (Å²) in [5.41, 5.74) is 7.38. The van der Waals surface area contributed by atoms with Crippen molar-refractivity contribution in [2.24, 2.45) is 10.9 Å². The minimum Gasteiger partial charge on any atom is -0.409 e. The third-order valence-corrected chi connectivity index (χ3v) is 3.72. The Kier molecular flexibility index (Phi) is 4.17. The summed E-state index contributed by atoms with van der Waals surface area (Å²) >= 11 is 6.00. The van der Waals surface area contributed by atoms with Crippen LogP contribution in [-0.2, 0) is 0 Å². The number of rotatable bonds is 2.